The van der Waals surface area contributed by atoms with Crippen molar-refractivity contribution in [2.75, 3.05) is 0 Å². The molecule has 2 aliphatic heterocycles. The van der Waals surface area contributed by atoms with Crippen LogP contribution in [0.25, 0.3) is 11.1 Å². The van der Waals surface area contributed by atoms with E-state index in [4.69, 9.17) is 9.15 Å². The van der Waals surface area contributed by atoms with Crippen molar-refractivity contribution in [2.45, 2.75) is 50.8 Å². The Morgan fingerprint density at radius 3 is 3.14 bits per heavy atom. The molecule has 0 radical (unpaired) electrons. The summed E-state index contributed by atoms with van der Waals surface area (Å²) in [5, 5.41) is 9.53. The number of aromatic nitrogens is 1. The molecule has 1 amide bonds. The maximum atomic E-state index is 11.6. The van der Waals surface area contributed by atoms with Gasteiger partial charge in [-0.25, -0.2) is 4.79 Å². The summed E-state index contributed by atoms with van der Waals surface area (Å²) in [4.78, 5) is 17.5. The maximum absolute atomic E-state index is 11.6. The Bertz CT molecular complexity index is 737. The molecule has 0 spiro atoms. The van der Waals surface area contributed by atoms with E-state index in [0.29, 0.717) is 18.4 Å². The van der Waals surface area contributed by atoms with E-state index in [-0.39, 0.29) is 12.1 Å². The number of aryl methyl sites for hydroxylation is 1. The second-order valence-corrected chi connectivity index (χ2v) is 6.24. The van der Waals surface area contributed by atoms with Crippen molar-refractivity contribution in [3.8, 4) is 6.08 Å². The molecule has 3 heterocycles. The predicted molar refractivity (Wildman–Crippen MR) is 78.8 cm³/mol. The van der Waals surface area contributed by atoms with Crippen LogP contribution in [0.3, 0.4) is 0 Å². The number of piperidine rings is 1. The molecule has 2 aromatic rings. The summed E-state index contributed by atoms with van der Waals surface area (Å²) in [6.07, 6.45) is 3.34. The Hall–Kier alpha value is -2.24. The lowest BCUT2D eigenvalue weighted by Gasteiger charge is -2.41. The largest absolute Gasteiger partial charge is 0.465 e. The number of benzene rings is 1. The number of oxazole rings is 1. The number of hydrogen-bond donors (Lipinski definition) is 1. The first-order valence-corrected chi connectivity index (χ1v) is 7.66. The number of nitrogens with zero attached hydrogens (tertiary/aromatic N) is 2. The molecule has 4 rings (SSSR count). The third-order valence-electron chi connectivity index (χ3n) is 4.78. The molecule has 0 aliphatic carbocycles. The zero-order chi connectivity index (χ0) is 15.3. The fraction of sp³-hybridized carbons (Fsp3) is 0.500. The molecule has 22 heavy (non-hydrogen) atoms. The van der Waals surface area contributed by atoms with Gasteiger partial charge in [0.25, 0.3) is 0 Å². The van der Waals surface area contributed by atoms with E-state index in [9.17, 15) is 9.90 Å². The van der Waals surface area contributed by atoms with Gasteiger partial charge in [0.05, 0.1) is 0 Å². The lowest BCUT2D eigenvalue weighted by Crippen LogP contribution is -2.56. The zero-order valence-corrected chi connectivity index (χ0v) is 12.4. The number of ether oxygens (including phenoxy) is 1. The number of amides is 1. The number of carboxylic acid groups (broad SMARTS) is 1. The fourth-order valence-corrected chi connectivity index (χ4v) is 3.81. The molecule has 116 valence electrons. The van der Waals surface area contributed by atoms with E-state index >= 15 is 0 Å². The first-order valence-electron chi connectivity index (χ1n) is 7.66. The fourth-order valence-electron chi connectivity index (χ4n) is 3.81. The van der Waals surface area contributed by atoms with E-state index in [2.05, 4.69) is 4.98 Å². The number of fused-ring (bicyclic) bond motifs is 3. The molecular formula is C16H18N2O4. The maximum Gasteiger partial charge on any atom is 0.410 e. The van der Waals surface area contributed by atoms with Crippen molar-refractivity contribution >= 4 is 17.2 Å². The van der Waals surface area contributed by atoms with Gasteiger partial charge in [-0.05, 0) is 43.9 Å². The van der Waals surface area contributed by atoms with Crippen LogP contribution in [-0.4, -0.2) is 32.9 Å². The van der Waals surface area contributed by atoms with Crippen molar-refractivity contribution in [1.29, 1.82) is 0 Å². The second kappa shape index (κ2) is 4.63. The van der Waals surface area contributed by atoms with Gasteiger partial charge in [-0.15, -0.1) is 0 Å². The van der Waals surface area contributed by atoms with E-state index in [1.165, 1.54) is 4.90 Å². The van der Waals surface area contributed by atoms with Gasteiger partial charge >= 0.3 is 12.2 Å². The van der Waals surface area contributed by atoms with E-state index in [0.717, 1.165) is 30.3 Å². The second-order valence-electron chi connectivity index (χ2n) is 6.24. The Morgan fingerprint density at radius 1 is 1.45 bits per heavy atom. The molecule has 2 atom stereocenters. The van der Waals surface area contributed by atoms with Crippen LogP contribution < -0.4 is 4.74 Å². The van der Waals surface area contributed by atoms with E-state index in [1.807, 2.05) is 25.1 Å². The van der Waals surface area contributed by atoms with Crippen LogP contribution >= 0.6 is 0 Å². The van der Waals surface area contributed by atoms with Gasteiger partial charge in [-0.2, -0.15) is 4.98 Å². The zero-order valence-electron chi connectivity index (χ0n) is 12.4. The molecule has 2 saturated heterocycles. The molecule has 0 saturated carbocycles. The molecule has 2 bridgehead atoms. The topological polar surface area (TPSA) is 75.8 Å². The Balaban J connectivity index is 1.69. The Labute approximate surface area is 127 Å². The average molecular weight is 302 g/mol. The SMILES string of the molecule is Cc1ccc2oc(OC34CCCC(CC3)N4C(=O)O)nc2c1. The number of carbonyl (C=O) groups is 1. The van der Waals surface area contributed by atoms with Crippen molar-refractivity contribution < 1.29 is 19.1 Å². The van der Waals surface area contributed by atoms with Gasteiger partial charge in [-0.3, -0.25) is 4.90 Å². The predicted octanol–water partition coefficient (Wildman–Crippen LogP) is 3.54. The van der Waals surface area contributed by atoms with Crippen molar-refractivity contribution in [3.05, 3.63) is 23.8 Å². The highest BCUT2D eigenvalue weighted by atomic mass is 16.6. The molecule has 2 aliphatic rings. The Kier molecular flexibility index (Phi) is 2.82. The average Bonchev–Trinajstić information content (AvgIpc) is 2.94. The van der Waals surface area contributed by atoms with Gasteiger partial charge in [0.1, 0.15) is 5.52 Å². The highest BCUT2D eigenvalue weighted by Crippen LogP contribution is 2.45. The third-order valence-corrected chi connectivity index (χ3v) is 4.78. The van der Waals surface area contributed by atoms with Crippen LogP contribution in [0.4, 0.5) is 4.79 Å². The van der Waals surface area contributed by atoms with Crippen LogP contribution in [0.15, 0.2) is 22.6 Å². The molecular weight excluding hydrogens is 284 g/mol. The summed E-state index contributed by atoms with van der Waals surface area (Å²) in [5.41, 5.74) is 1.67. The van der Waals surface area contributed by atoms with Crippen LogP contribution in [-0.2, 0) is 0 Å². The monoisotopic (exact) mass is 302 g/mol. The van der Waals surface area contributed by atoms with E-state index in [1.54, 1.807) is 0 Å². The van der Waals surface area contributed by atoms with Crippen molar-refractivity contribution in [2.24, 2.45) is 0 Å². The third kappa shape index (κ3) is 1.94. The van der Waals surface area contributed by atoms with Crippen LogP contribution in [0.2, 0.25) is 0 Å². The molecule has 2 fully saturated rings. The highest BCUT2D eigenvalue weighted by molar-refractivity contribution is 5.73. The van der Waals surface area contributed by atoms with Gasteiger partial charge in [0.15, 0.2) is 11.3 Å². The van der Waals surface area contributed by atoms with Gasteiger partial charge in [-0.1, -0.05) is 6.07 Å². The number of hydrogen-bond acceptors (Lipinski definition) is 4. The van der Waals surface area contributed by atoms with Crippen molar-refractivity contribution in [1.82, 2.24) is 9.88 Å². The van der Waals surface area contributed by atoms with E-state index < -0.39 is 11.8 Å². The quantitative estimate of drug-likeness (QED) is 0.918. The summed E-state index contributed by atoms with van der Waals surface area (Å²) in [6, 6.07) is 5.79. The highest BCUT2D eigenvalue weighted by Gasteiger charge is 2.54. The lowest BCUT2D eigenvalue weighted by molar-refractivity contribution is -0.0928. The summed E-state index contributed by atoms with van der Waals surface area (Å²) < 4.78 is 11.6. The standard InChI is InChI=1S/C16H18N2O4/c1-10-4-5-13-12(9-10)17-14(21-13)22-16-7-2-3-11(6-8-16)18(16)15(19)20/h4-5,9,11H,2-3,6-8H2,1H3,(H,19,20). The normalized spacial score (nSPS) is 27.3. The molecule has 1 aromatic heterocycles. The van der Waals surface area contributed by atoms with Crippen LogP contribution in [0.5, 0.6) is 6.08 Å². The lowest BCUT2D eigenvalue weighted by atomic mass is 10.0. The minimum Gasteiger partial charge on any atom is -0.465 e. The smallest absolute Gasteiger partial charge is 0.410 e. The molecule has 1 N–H and O–H groups in total. The minimum atomic E-state index is -0.922. The Morgan fingerprint density at radius 2 is 2.32 bits per heavy atom. The molecule has 6 nitrogen and oxygen atoms in total. The van der Waals surface area contributed by atoms with Gasteiger partial charge in [0.2, 0.25) is 0 Å². The first kappa shape index (κ1) is 13.4. The number of rotatable bonds is 2. The van der Waals surface area contributed by atoms with Crippen LogP contribution in [0.1, 0.15) is 37.7 Å². The molecule has 6 heteroatoms. The first-order chi connectivity index (χ1) is 10.6. The summed E-state index contributed by atoms with van der Waals surface area (Å²) in [5.74, 6) is 0. The van der Waals surface area contributed by atoms with Gasteiger partial charge < -0.3 is 14.3 Å². The van der Waals surface area contributed by atoms with Crippen molar-refractivity contribution in [3.63, 3.8) is 0 Å². The molecule has 2 unspecified atom stereocenters. The summed E-state index contributed by atoms with van der Waals surface area (Å²) in [6.45, 7) is 1.99. The van der Waals surface area contributed by atoms with Gasteiger partial charge in [0, 0.05) is 18.9 Å². The molecule has 1 aromatic carbocycles. The van der Waals surface area contributed by atoms with Crippen LogP contribution in [0, 0.1) is 6.92 Å². The summed E-state index contributed by atoms with van der Waals surface area (Å²) in [7, 11) is 0. The summed E-state index contributed by atoms with van der Waals surface area (Å²) >= 11 is 0. The minimum absolute atomic E-state index is 0.0536.